The molecule has 0 radical (unpaired) electrons. The van der Waals surface area contributed by atoms with Crippen molar-refractivity contribution in [1.82, 2.24) is 20.1 Å². The lowest BCUT2D eigenvalue weighted by atomic mass is 10.2. The summed E-state index contributed by atoms with van der Waals surface area (Å²) in [7, 11) is 0. The number of hydrogen-bond donors (Lipinski definition) is 1. The molecule has 0 unspecified atom stereocenters. The zero-order valence-electron chi connectivity index (χ0n) is 15.7. The summed E-state index contributed by atoms with van der Waals surface area (Å²) in [6.07, 6.45) is 2.99. The Balaban J connectivity index is 1.23. The van der Waals surface area contributed by atoms with Crippen LogP contribution in [0.5, 0.6) is 0 Å². The lowest BCUT2D eigenvalue weighted by Crippen LogP contribution is -2.45. The molecule has 0 atom stereocenters. The van der Waals surface area contributed by atoms with Gasteiger partial charge in [-0.15, -0.1) is 0 Å². The summed E-state index contributed by atoms with van der Waals surface area (Å²) in [5.74, 6) is 1.00. The lowest BCUT2D eigenvalue weighted by Gasteiger charge is -2.34. The van der Waals surface area contributed by atoms with E-state index < -0.39 is 0 Å². The SMILES string of the molecule is O=C(NCc1ccco1)c1coc(CN2CCN(Cc3ccccc3)CC2)n1. The molecule has 1 N–H and O–H groups in total. The molecule has 3 aromatic rings. The molecule has 1 amide bonds. The number of aromatic nitrogens is 1. The van der Waals surface area contributed by atoms with Crippen LogP contribution in [-0.2, 0) is 19.6 Å². The van der Waals surface area contributed by atoms with Gasteiger partial charge in [0.15, 0.2) is 5.69 Å². The molecule has 1 aliphatic rings. The number of nitrogens with zero attached hydrogens (tertiary/aromatic N) is 3. The minimum atomic E-state index is -0.265. The van der Waals surface area contributed by atoms with E-state index >= 15 is 0 Å². The van der Waals surface area contributed by atoms with Crippen LogP contribution in [0.25, 0.3) is 0 Å². The Morgan fingerprint density at radius 2 is 1.71 bits per heavy atom. The zero-order valence-corrected chi connectivity index (χ0v) is 15.7. The molecule has 0 aliphatic carbocycles. The van der Waals surface area contributed by atoms with Crippen molar-refractivity contribution in [3.63, 3.8) is 0 Å². The molecular weight excluding hydrogens is 356 g/mol. The van der Waals surface area contributed by atoms with Crippen molar-refractivity contribution < 1.29 is 13.6 Å². The maximum atomic E-state index is 12.2. The topological polar surface area (TPSA) is 74.8 Å². The number of oxazole rings is 1. The second-order valence-electron chi connectivity index (χ2n) is 6.93. The Morgan fingerprint density at radius 1 is 0.964 bits per heavy atom. The lowest BCUT2D eigenvalue weighted by molar-refractivity contribution is 0.0942. The number of piperazine rings is 1. The molecule has 0 saturated carbocycles. The predicted octanol–water partition coefficient (Wildman–Crippen LogP) is 2.52. The monoisotopic (exact) mass is 380 g/mol. The van der Waals surface area contributed by atoms with E-state index in [2.05, 4.69) is 44.4 Å². The Bertz CT molecular complexity index is 868. The van der Waals surface area contributed by atoms with Gasteiger partial charge in [-0.25, -0.2) is 4.98 Å². The fraction of sp³-hybridized carbons (Fsp3) is 0.333. The van der Waals surface area contributed by atoms with Gasteiger partial charge in [-0.05, 0) is 17.7 Å². The van der Waals surface area contributed by atoms with Gasteiger partial charge in [-0.3, -0.25) is 14.6 Å². The van der Waals surface area contributed by atoms with Crippen LogP contribution in [0, 0.1) is 0 Å². The first-order chi connectivity index (χ1) is 13.8. The van der Waals surface area contributed by atoms with E-state index in [1.807, 2.05) is 12.1 Å². The Kier molecular flexibility index (Phi) is 5.84. The molecule has 1 aromatic carbocycles. The largest absolute Gasteiger partial charge is 0.467 e. The number of nitrogens with one attached hydrogen (secondary N) is 1. The second kappa shape index (κ2) is 8.86. The number of rotatable bonds is 7. The predicted molar refractivity (Wildman–Crippen MR) is 103 cm³/mol. The van der Waals surface area contributed by atoms with E-state index in [1.54, 1.807) is 12.3 Å². The highest BCUT2D eigenvalue weighted by molar-refractivity contribution is 5.91. The standard InChI is InChI=1S/C21H24N4O3/c26-21(22-13-18-7-4-12-27-18)19-16-28-20(23-19)15-25-10-8-24(9-11-25)14-17-5-2-1-3-6-17/h1-7,12,16H,8-11,13-15H2,(H,22,26). The van der Waals surface area contributed by atoms with Crippen molar-refractivity contribution in [1.29, 1.82) is 0 Å². The van der Waals surface area contributed by atoms with E-state index in [1.165, 1.54) is 11.8 Å². The van der Waals surface area contributed by atoms with Crippen LogP contribution < -0.4 is 5.32 Å². The summed E-state index contributed by atoms with van der Waals surface area (Å²) < 4.78 is 10.7. The number of amides is 1. The van der Waals surface area contributed by atoms with Gasteiger partial charge in [-0.2, -0.15) is 0 Å². The molecular formula is C21H24N4O3. The van der Waals surface area contributed by atoms with Crippen molar-refractivity contribution in [2.24, 2.45) is 0 Å². The zero-order chi connectivity index (χ0) is 19.2. The summed E-state index contributed by atoms with van der Waals surface area (Å²) in [6.45, 7) is 5.85. The van der Waals surface area contributed by atoms with E-state index in [0.717, 1.165) is 32.7 Å². The molecule has 28 heavy (non-hydrogen) atoms. The van der Waals surface area contributed by atoms with Crippen molar-refractivity contribution in [3.05, 3.63) is 77.9 Å². The molecule has 3 heterocycles. The number of benzene rings is 1. The maximum absolute atomic E-state index is 12.2. The van der Waals surface area contributed by atoms with Gasteiger partial charge in [-0.1, -0.05) is 30.3 Å². The number of hydrogen-bond acceptors (Lipinski definition) is 6. The highest BCUT2D eigenvalue weighted by Gasteiger charge is 2.20. The Hall–Kier alpha value is -2.90. The summed E-state index contributed by atoms with van der Waals surface area (Å²) in [5, 5.41) is 2.77. The van der Waals surface area contributed by atoms with E-state index in [4.69, 9.17) is 8.83 Å². The highest BCUT2D eigenvalue weighted by Crippen LogP contribution is 2.12. The Morgan fingerprint density at radius 3 is 2.43 bits per heavy atom. The first-order valence-electron chi connectivity index (χ1n) is 9.50. The minimum absolute atomic E-state index is 0.265. The third-order valence-electron chi connectivity index (χ3n) is 4.86. The van der Waals surface area contributed by atoms with Crippen LogP contribution >= 0.6 is 0 Å². The normalized spacial score (nSPS) is 15.6. The van der Waals surface area contributed by atoms with Crippen LogP contribution in [0.1, 0.15) is 27.7 Å². The fourth-order valence-corrected chi connectivity index (χ4v) is 3.30. The van der Waals surface area contributed by atoms with Crippen LogP contribution in [0.4, 0.5) is 0 Å². The van der Waals surface area contributed by atoms with Crippen molar-refractivity contribution in [2.75, 3.05) is 26.2 Å². The molecule has 7 heteroatoms. The molecule has 146 valence electrons. The number of carbonyl (C=O) groups is 1. The highest BCUT2D eigenvalue weighted by atomic mass is 16.3. The summed E-state index contributed by atoms with van der Waals surface area (Å²) in [5.41, 5.74) is 1.64. The van der Waals surface area contributed by atoms with Gasteiger partial charge in [0.1, 0.15) is 12.0 Å². The van der Waals surface area contributed by atoms with Crippen LogP contribution in [0.2, 0.25) is 0 Å². The molecule has 0 bridgehead atoms. The first-order valence-corrected chi connectivity index (χ1v) is 9.50. The quantitative estimate of drug-likeness (QED) is 0.679. The smallest absolute Gasteiger partial charge is 0.273 e. The molecule has 1 aliphatic heterocycles. The van der Waals surface area contributed by atoms with E-state index in [-0.39, 0.29) is 5.91 Å². The van der Waals surface area contributed by atoms with Crippen LogP contribution in [-0.4, -0.2) is 46.9 Å². The van der Waals surface area contributed by atoms with Crippen LogP contribution in [0.15, 0.2) is 63.8 Å². The Labute approximate surface area is 163 Å². The summed E-state index contributed by atoms with van der Waals surface area (Å²) in [4.78, 5) is 21.2. The second-order valence-corrected chi connectivity index (χ2v) is 6.93. The van der Waals surface area contributed by atoms with E-state index in [0.29, 0.717) is 30.4 Å². The van der Waals surface area contributed by atoms with Crippen molar-refractivity contribution in [2.45, 2.75) is 19.6 Å². The summed E-state index contributed by atoms with van der Waals surface area (Å²) in [6, 6.07) is 14.1. The summed E-state index contributed by atoms with van der Waals surface area (Å²) >= 11 is 0. The molecule has 1 fully saturated rings. The molecule has 7 nitrogen and oxygen atoms in total. The molecule has 0 spiro atoms. The van der Waals surface area contributed by atoms with Crippen molar-refractivity contribution >= 4 is 5.91 Å². The maximum Gasteiger partial charge on any atom is 0.273 e. The third kappa shape index (κ3) is 4.88. The number of carbonyl (C=O) groups excluding carboxylic acids is 1. The average molecular weight is 380 g/mol. The van der Waals surface area contributed by atoms with Crippen molar-refractivity contribution in [3.8, 4) is 0 Å². The van der Waals surface area contributed by atoms with Gasteiger partial charge in [0.25, 0.3) is 5.91 Å². The average Bonchev–Trinajstić information content (AvgIpc) is 3.41. The van der Waals surface area contributed by atoms with Crippen LogP contribution in [0.3, 0.4) is 0 Å². The minimum Gasteiger partial charge on any atom is -0.467 e. The molecule has 1 saturated heterocycles. The third-order valence-corrected chi connectivity index (χ3v) is 4.86. The van der Waals surface area contributed by atoms with Gasteiger partial charge >= 0.3 is 0 Å². The first kappa shape index (κ1) is 18.5. The van der Waals surface area contributed by atoms with Gasteiger partial charge in [0.05, 0.1) is 19.4 Å². The fourth-order valence-electron chi connectivity index (χ4n) is 3.30. The van der Waals surface area contributed by atoms with E-state index in [9.17, 15) is 4.79 Å². The molecule has 4 rings (SSSR count). The molecule has 2 aromatic heterocycles. The van der Waals surface area contributed by atoms with Gasteiger partial charge in [0, 0.05) is 32.7 Å². The number of furan rings is 1. The van der Waals surface area contributed by atoms with Gasteiger partial charge in [0.2, 0.25) is 5.89 Å². The van der Waals surface area contributed by atoms with Gasteiger partial charge < -0.3 is 14.2 Å².